The first-order valence-electron chi connectivity index (χ1n) is 7.00. The summed E-state index contributed by atoms with van der Waals surface area (Å²) in [6, 6.07) is 0. The molecule has 1 rings (SSSR count). The Hall–Kier alpha value is -0.910. The van der Waals surface area contributed by atoms with E-state index in [4.69, 9.17) is 11.6 Å². The summed E-state index contributed by atoms with van der Waals surface area (Å²) in [5.74, 6) is -0.379. The Labute approximate surface area is 125 Å². The first-order valence-corrected chi connectivity index (χ1v) is 7.38. The smallest absolute Gasteiger partial charge is 0.211 e. The van der Waals surface area contributed by atoms with E-state index < -0.39 is 6.10 Å². The zero-order chi connectivity index (χ0) is 15.3. The number of hydrogen-bond donors (Lipinski definition) is 1. The van der Waals surface area contributed by atoms with Crippen LogP contribution >= 0.6 is 11.6 Å². The molecule has 5 nitrogen and oxygen atoms in total. The van der Waals surface area contributed by atoms with E-state index >= 15 is 0 Å². The van der Waals surface area contributed by atoms with Crippen LogP contribution in [0.15, 0.2) is 6.20 Å². The van der Waals surface area contributed by atoms with Gasteiger partial charge in [0.2, 0.25) is 5.78 Å². The van der Waals surface area contributed by atoms with Crippen LogP contribution in [0.2, 0.25) is 5.02 Å². The third-order valence-corrected chi connectivity index (χ3v) is 3.83. The van der Waals surface area contributed by atoms with Crippen molar-refractivity contribution in [3.05, 3.63) is 16.9 Å². The number of carbonyl (C=O) groups excluding carboxylic acids is 1. The van der Waals surface area contributed by atoms with Crippen LogP contribution in [0.1, 0.15) is 37.2 Å². The molecule has 1 aromatic rings. The van der Waals surface area contributed by atoms with Crippen LogP contribution in [-0.2, 0) is 6.54 Å². The summed E-state index contributed by atoms with van der Waals surface area (Å²) in [5, 5.41) is 14.6. The molecule has 0 aromatic carbocycles. The number of carbonyl (C=O) groups is 1. The van der Waals surface area contributed by atoms with Gasteiger partial charge in [0.15, 0.2) is 0 Å². The number of nitrogens with zero attached hydrogens (tertiary/aromatic N) is 3. The molecule has 1 aromatic heterocycles. The Morgan fingerprint density at radius 2 is 2.05 bits per heavy atom. The van der Waals surface area contributed by atoms with Gasteiger partial charge in [-0.25, -0.2) is 0 Å². The van der Waals surface area contributed by atoms with Crippen LogP contribution < -0.4 is 0 Å². The molecular weight excluding hydrogens is 278 g/mol. The molecule has 0 fully saturated rings. The highest BCUT2D eigenvalue weighted by molar-refractivity contribution is 6.33. The third kappa shape index (κ3) is 4.04. The maximum atomic E-state index is 12.4. The number of ketones is 1. The lowest BCUT2D eigenvalue weighted by molar-refractivity contribution is 0.0576. The Kier molecular flexibility index (Phi) is 6.65. The lowest BCUT2D eigenvalue weighted by Gasteiger charge is -2.19. The molecule has 0 saturated carbocycles. The molecule has 0 aliphatic rings. The molecule has 0 aliphatic heterocycles. The molecule has 1 heterocycles. The van der Waals surface area contributed by atoms with Gasteiger partial charge in [0.25, 0.3) is 0 Å². The second kappa shape index (κ2) is 7.76. The van der Waals surface area contributed by atoms with Gasteiger partial charge in [-0.1, -0.05) is 38.3 Å². The number of aliphatic hydroxyl groups excluding tert-OH is 1. The zero-order valence-corrected chi connectivity index (χ0v) is 13.4. The predicted molar refractivity (Wildman–Crippen MR) is 80.2 cm³/mol. The van der Waals surface area contributed by atoms with E-state index in [1.807, 2.05) is 32.8 Å². The first kappa shape index (κ1) is 17.1. The van der Waals surface area contributed by atoms with E-state index in [1.54, 1.807) is 4.68 Å². The predicted octanol–water partition coefficient (Wildman–Crippen LogP) is 2.08. The number of rotatable bonds is 8. The topological polar surface area (TPSA) is 58.4 Å². The number of halogens is 1. The molecule has 0 amide bonds. The zero-order valence-electron chi connectivity index (χ0n) is 12.6. The van der Waals surface area contributed by atoms with Gasteiger partial charge in [0.1, 0.15) is 11.8 Å². The van der Waals surface area contributed by atoms with E-state index in [2.05, 4.69) is 5.10 Å². The minimum absolute atomic E-state index is 0.0456. The lowest BCUT2D eigenvalue weighted by atomic mass is 9.92. The summed E-state index contributed by atoms with van der Waals surface area (Å²) in [7, 11) is 3.90. The Balaban J connectivity index is 2.94. The normalized spacial score (nSPS) is 13.2. The van der Waals surface area contributed by atoms with Crippen LogP contribution in [0.4, 0.5) is 0 Å². The van der Waals surface area contributed by atoms with E-state index in [-0.39, 0.29) is 11.7 Å². The summed E-state index contributed by atoms with van der Waals surface area (Å²) in [5.41, 5.74) is 0.313. The van der Waals surface area contributed by atoms with E-state index in [0.717, 1.165) is 19.4 Å². The standard InChI is InChI=1S/C14H24ClN3O2/c1-5-10(6-2)13(19)14(20)12-11(15)9-16-18(12)8-7-17(3)4/h9-10,13,19H,5-8H2,1-4H3. The Morgan fingerprint density at radius 1 is 1.45 bits per heavy atom. The van der Waals surface area contributed by atoms with E-state index in [0.29, 0.717) is 17.3 Å². The number of Topliss-reactive ketones (excluding diaryl/α,β-unsaturated/α-hetero) is 1. The minimum atomic E-state index is -1.02. The quantitative estimate of drug-likeness (QED) is 0.747. The molecule has 0 bridgehead atoms. The van der Waals surface area contributed by atoms with Crippen LogP contribution in [0.3, 0.4) is 0 Å². The number of likely N-dealkylation sites (N-methyl/N-ethyl adjacent to an activating group) is 1. The van der Waals surface area contributed by atoms with Crippen LogP contribution in [0.5, 0.6) is 0 Å². The average Bonchev–Trinajstić information content (AvgIpc) is 2.78. The van der Waals surface area contributed by atoms with Crippen molar-refractivity contribution in [1.82, 2.24) is 14.7 Å². The summed E-state index contributed by atoms with van der Waals surface area (Å²) in [6.07, 6.45) is 1.96. The van der Waals surface area contributed by atoms with Crippen molar-refractivity contribution in [1.29, 1.82) is 0 Å². The van der Waals surface area contributed by atoms with Gasteiger partial charge in [-0.15, -0.1) is 0 Å². The number of aliphatic hydroxyl groups is 1. The summed E-state index contributed by atoms with van der Waals surface area (Å²) in [6.45, 7) is 5.25. The van der Waals surface area contributed by atoms with E-state index in [9.17, 15) is 9.90 Å². The molecule has 1 N–H and O–H groups in total. The third-order valence-electron chi connectivity index (χ3n) is 3.55. The molecule has 0 spiro atoms. The van der Waals surface area contributed by atoms with Crippen LogP contribution in [0.25, 0.3) is 0 Å². The number of hydrogen-bond acceptors (Lipinski definition) is 4. The summed E-state index contributed by atoms with van der Waals surface area (Å²) in [4.78, 5) is 14.4. The first-order chi connectivity index (χ1) is 9.42. The maximum absolute atomic E-state index is 12.4. The fourth-order valence-electron chi connectivity index (χ4n) is 2.16. The molecule has 0 radical (unpaired) electrons. The SMILES string of the molecule is CCC(CC)C(O)C(=O)c1c(Cl)cnn1CCN(C)C. The van der Waals surface area contributed by atoms with Gasteiger partial charge < -0.3 is 10.0 Å². The monoisotopic (exact) mass is 301 g/mol. The highest BCUT2D eigenvalue weighted by Gasteiger charge is 2.29. The highest BCUT2D eigenvalue weighted by Crippen LogP contribution is 2.22. The second-order valence-electron chi connectivity index (χ2n) is 5.25. The van der Waals surface area contributed by atoms with Crippen molar-refractivity contribution in [2.75, 3.05) is 20.6 Å². The largest absolute Gasteiger partial charge is 0.385 e. The van der Waals surface area contributed by atoms with Crippen molar-refractivity contribution in [2.24, 2.45) is 5.92 Å². The van der Waals surface area contributed by atoms with Crippen molar-refractivity contribution in [3.8, 4) is 0 Å². The average molecular weight is 302 g/mol. The van der Waals surface area contributed by atoms with Gasteiger partial charge in [-0.2, -0.15) is 5.10 Å². The molecule has 114 valence electrons. The molecule has 1 unspecified atom stereocenters. The van der Waals surface area contributed by atoms with Crippen molar-refractivity contribution in [3.63, 3.8) is 0 Å². The molecule has 1 atom stereocenters. The van der Waals surface area contributed by atoms with Crippen LogP contribution in [0, 0.1) is 5.92 Å². The maximum Gasteiger partial charge on any atom is 0.211 e. The molecule has 0 aliphatic carbocycles. The second-order valence-corrected chi connectivity index (χ2v) is 5.66. The lowest BCUT2D eigenvalue weighted by Crippen LogP contribution is -2.32. The van der Waals surface area contributed by atoms with Crippen molar-refractivity contribution >= 4 is 17.4 Å². The molecular formula is C14H24ClN3O2. The van der Waals surface area contributed by atoms with Gasteiger partial charge >= 0.3 is 0 Å². The molecule has 6 heteroatoms. The van der Waals surface area contributed by atoms with Gasteiger partial charge in [0.05, 0.1) is 17.8 Å². The summed E-state index contributed by atoms with van der Waals surface area (Å²) >= 11 is 6.06. The van der Waals surface area contributed by atoms with Crippen LogP contribution in [-0.4, -0.2) is 52.3 Å². The van der Waals surface area contributed by atoms with Gasteiger partial charge in [-0.05, 0) is 20.0 Å². The Morgan fingerprint density at radius 3 is 2.55 bits per heavy atom. The van der Waals surface area contributed by atoms with Gasteiger partial charge in [0, 0.05) is 6.54 Å². The fourth-order valence-corrected chi connectivity index (χ4v) is 2.40. The van der Waals surface area contributed by atoms with Crippen molar-refractivity contribution < 1.29 is 9.90 Å². The molecule has 0 saturated heterocycles. The van der Waals surface area contributed by atoms with Crippen molar-refractivity contribution in [2.45, 2.75) is 39.3 Å². The Bertz CT molecular complexity index is 442. The summed E-state index contributed by atoms with van der Waals surface area (Å²) < 4.78 is 1.58. The highest BCUT2D eigenvalue weighted by atomic mass is 35.5. The number of aromatic nitrogens is 2. The fraction of sp³-hybridized carbons (Fsp3) is 0.714. The molecule has 20 heavy (non-hydrogen) atoms. The van der Waals surface area contributed by atoms with E-state index in [1.165, 1.54) is 6.20 Å². The minimum Gasteiger partial charge on any atom is -0.385 e. The van der Waals surface area contributed by atoms with Gasteiger partial charge in [-0.3, -0.25) is 9.48 Å².